The summed E-state index contributed by atoms with van der Waals surface area (Å²) in [4.78, 5) is 25.1. The lowest BCUT2D eigenvalue weighted by atomic mass is 10.1. The van der Waals surface area contributed by atoms with Crippen molar-refractivity contribution in [3.63, 3.8) is 0 Å². The van der Waals surface area contributed by atoms with Gasteiger partial charge in [-0.1, -0.05) is 37.6 Å². The lowest BCUT2D eigenvalue weighted by molar-refractivity contribution is 0.0950. The van der Waals surface area contributed by atoms with Crippen molar-refractivity contribution >= 4 is 39.1 Å². The molecule has 0 saturated carbocycles. The van der Waals surface area contributed by atoms with Gasteiger partial charge < -0.3 is 10.6 Å². The highest BCUT2D eigenvalue weighted by Gasteiger charge is 2.25. The molecule has 2 rings (SSSR count). The number of nitrogens with one attached hydrogen (secondary N) is 3. The third-order valence-corrected chi connectivity index (χ3v) is 6.25. The second-order valence-corrected chi connectivity index (χ2v) is 10.7. The smallest absolute Gasteiger partial charge is 0.255 e. The molecular weight excluding hydrogens is 438 g/mol. The van der Waals surface area contributed by atoms with Gasteiger partial charge in [-0.05, 0) is 57.0 Å². The maximum Gasteiger partial charge on any atom is 0.255 e. The van der Waals surface area contributed by atoms with E-state index in [9.17, 15) is 18.0 Å². The molecule has 0 heterocycles. The van der Waals surface area contributed by atoms with Crippen molar-refractivity contribution in [1.82, 2.24) is 10.0 Å². The summed E-state index contributed by atoms with van der Waals surface area (Å²) in [6.07, 6.45) is 0. The fraction of sp³-hybridized carbons (Fsp3) is 0.364. The van der Waals surface area contributed by atoms with E-state index in [1.54, 1.807) is 45.0 Å². The SMILES string of the molecule is CC(C)CNC(=O)c1ccccc1NC(=O)c1ccc(Cl)c(S(=O)(=O)NC(C)(C)C)c1. The summed E-state index contributed by atoms with van der Waals surface area (Å²) in [6.45, 7) is 9.58. The quantitative estimate of drug-likeness (QED) is 0.573. The van der Waals surface area contributed by atoms with Crippen LogP contribution in [0.5, 0.6) is 0 Å². The van der Waals surface area contributed by atoms with Gasteiger partial charge in [-0.3, -0.25) is 9.59 Å². The summed E-state index contributed by atoms with van der Waals surface area (Å²) in [5.74, 6) is -0.590. The lowest BCUT2D eigenvalue weighted by Gasteiger charge is -2.21. The van der Waals surface area contributed by atoms with Gasteiger partial charge in [0.1, 0.15) is 4.90 Å². The van der Waals surface area contributed by atoms with Crippen molar-refractivity contribution in [3.05, 3.63) is 58.6 Å². The molecule has 2 aromatic rings. The number of amides is 2. The van der Waals surface area contributed by atoms with Gasteiger partial charge in [-0.15, -0.1) is 0 Å². The Morgan fingerprint density at radius 2 is 1.68 bits per heavy atom. The molecule has 9 heteroatoms. The zero-order chi connectivity index (χ0) is 23.4. The Bertz CT molecular complexity index is 1080. The first-order valence-corrected chi connectivity index (χ1v) is 11.7. The van der Waals surface area contributed by atoms with E-state index >= 15 is 0 Å². The number of hydrogen-bond donors (Lipinski definition) is 3. The highest BCUT2D eigenvalue weighted by atomic mass is 35.5. The van der Waals surface area contributed by atoms with Crippen LogP contribution in [0.4, 0.5) is 5.69 Å². The standard InChI is InChI=1S/C22H28ClN3O4S/c1-14(2)13-24-21(28)16-8-6-7-9-18(16)25-20(27)15-10-11-17(23)19(12-15)31(29,30)26-22(3,4)5/h6-12,14,26H,13H2,1-5H3,(H,24,28)(H,25,27). The van der Waals surface area contributed by atoms with E-state index in [1.807, 2.05) is 13.8 Å². The van der Waals surface area contributed by atoms with E-state index in [1.165, 1.54) is 18.2 Å². The van der Waals surface area contributed by atoms with Crippen LogP contribution in [0, 0.1) is 5.92 Å². The van der Waals surface area contributed by atoms with Crippen LogP contribution in [0.25, 0.3) is 0 Å². The van der Waals surface area contributed by atoms with Crippen LogP contribution in [0.1, 0.15) is 55.3 Å². The predicted molar refractivity (Wildman–Crippen MR) is 123 cm³/mol. The highest BCUT2D eigenvalue weighted by Crippen LogP contribution is 2.25. The Labute approximate surface area is 188 Å². The number of benzene rings is 2. The third kappa shape index (κ3) is 7.05. The molecule has 168 valence electrons. The lowest BCUT2D eigenvalue weighted by Crippen LogP contribution is -2.40. The molecule has 0 spiro atoms. The van der Waals surface area contributed by atoms with Crippen LogP contribution >= 0.6 is 11.6 Å². The average molecular weight is 466 g/mol. The minimum atomic E-state index is -3.94. The van der Waals surface area contributed by atoms with E-state index in [0.717, 1.165) is 0 Å². The molecule has 0 aromatic heterocycles. The Kier molecular flexibility index (Phi) is 7.86. The van der Waals surface area contributed by atoms with Crippen molar-refractivity contribution < 1.29 is 18.0 Å². The summed E-state index contributed by atoms with van der Waals surface area (Å²) in [6, 6.07) is 10.6. The fourth-order valence-electron chi connectivity index (χ4n) is 2.69. The number of carbonyl (C=O) groups excluding carboxylic acids is 2. The first-order chi connectivity index (χ1) is 14.3. The van der Waals surface area contributed by atoms with Crippen molar-refractivity contribution in [2.75, 3.05) is 11.9 Å². The Morgan fingerprint density at radius 1 is 1.03 bits per heavy atom. The number of hydrogen-bond acceptors (Lipinski definition) is 4. The minimum Gasteiger partial charge on any atom is -0.352 e. The summed E-state index contributed by atoms with van der Waals surface area (Å²) < 4.78 is 27.9. The average Bonchev–Trinajstić information content (AvgIpc) is 2.64. The van der Waals surface area contributed by atoms with Crippen LogP contribution < -0.4 is 15.4 Å². The molecule has 0 atom stereocenters. The number of anilines is 1. The number of carbonyl (C=O) groups is 2. The molecule has 2 amide bonds. The molecule has 0 fully saturated rings. The van der Waals surface area contributed by atoms with Crippen LogP contribution in [0.3, 0.4) is 0 Å². The van der Waals surface area contributed by atoms with Gasteiger partial charge in [0.2, 0.25) is 10.0 Å². The van der Waals surface area contributed by atoms with Gasteiger partial charge in [-0.25, -0.2) is 13.1 Å². The molecule has 31 heavy (non-hydrogen) atoms. The zero-order valence-corrected chi connectivity index (χ0v) is 19.8. The normalized spacial score (nSPS) is 12.0. The summed E-state index contributed by atoms with van der Waals surface area (Å²) in [7, 11) is -3.94. The van der Waals surface area contributed by atoms with E-state index in [0.29, 0.717) is 17.8 Å². The fourth-order valence-corrected chi connectivity index (χ4v) is 4.63. The van der Waals surface area contributed by atoms with Gasteiger partial charge in [-0.2, -0.15) is 0 Å². The Hall–Kier alpha value is -2.42. The van der Waals surface area contributed by atoms with E-state index in [4.69, 9.17) is 11.6 Å². The summed E-state index contributed by atoms with van der Waals surface area (Å²) in [5, 5.41) is 5.50. The van der Waals surface area contributed by atoms with Gasteiger partial charge in [0.05, 0.1) is 16.3 Å². The molecular formula is C22H28ClN3O4S. The van der Waals surface area contributed by atoms with Crippen molar-refractivity contribution in [1.29, 1.82) is 0 Å². The van der Waals surface area contributed by atoms with E-state index < -0.39 is 21.5 Å². The molecule has 0 radical (unpaired) electrons. The minimum absolute atomic E-state index is 0.00163. The van der Waals surface area contributed by atoms with Crippen LogP contribution in [0.15, 0.2) is 47.4 Å². The largest absolute Gasteiger partial charge is 0.352 e. The van der Waals surface area contributed by atoms with Gasteiger partial charge in [0.25, 0.3) is 11.8 Å². The first-order valence-electron chi connectivity index (χ1n) is 9.82. The molecule has 0 bridgehead atoms. The van der Waals surface area contributed by atoms with Crippen LogP contribution in [0.2, 0.25) is 5.02 Å². The van der Waals surface area contributed by atoms with Crippen LogP contribution in [-0.2, 0) is 10.0 Å². The molecule has 0 aliphatic heterocycles. The monoisotopic (exact) mass is 465 g/mol. The van der Waals surface area contributed by atoms with Crippen LogP contribution in [-0.4, -0.2) is 32.3 Å². The van der Waals surface area contributed by atoms with Crippen molar-refractivity contribution in [3.8, 4) is 0 Å². The maximum absolute atomic E-state index is 12.8. The van der Waals surface area contributed by atoms with Gasteiger partial charge >= 0.3 is 0 Å². The molecule has 0 aliphatic rings. The summed E-state index contributed by atoms with van der Waals surface area (Å²) in [5.41, 5.74) is 0.00706. The zero-order valence-electron chi connectivity index (χ0n) is 18.2. The Morgan fingerprint density at radius 3 is 2.29 bits per heavy atom. The number of halogens is 1. The van der Waals surface area contributed by atoms with Crippen molar-refractivity contribution in [2.45, 2.75) is 45.1 Å². The van der Waals surface area contributed by atoms with E-state index in [-0.39, 0.29) is 27.3 Å². The molecule has 3 N–H and O–H groups in total. The second kappa shape index (κ2) is 9.80. The Balaban J connectivity index is 2.31. The molecule has 0 saturated heterocycles. The van der Waals surface area contributed by atoms with Crippen molar-refractivity contribution in [2.24, 2.45) is 5.92 Å². The number of sulfonamides is 1. The molecule has 0 aliphatic carbocycles. The first kappa shape index (κ1) is 24.8. The van der Waals surface area contributed by atoms with Gasteiger partial charge in [0.15, 0.2) is 0 Å². The molecule has 7 nitrogen and oxygen atoms in total. The number of para-hydroxylation sites is 1. The van der Waals surface area contributed by atoms with E-state index in [2.05, 4.69) is 15.4 Å². The topological polar surface area (TPSA) is 104 Å². The van der Waals surface area contributed by atoms with Gasteiger partial charge in [0, 0.05) is 17.6 Å². The second-order valence-electron chi connectivity index (χ2n) is 8.60. The molecule has 0 unspecified atom stereocenters. The third-order valence-electron chi connectivity index (χ3n) is 4.01. The maximum atomic E-state index is 12.8. The highest BCUT2D eigenvalue weighted by molar-refractivity contribution is 7.89. The molecule has 2 aromatic carbocycles. The summed E-state index contributed by atoms with van der Waals surface area (Å²) >= 11 is 6.10. The predicted octanol–water partition coefficient (Wildman–Crippen LogP) is 4.05. The number of rotatable bonds is 7.